The molecule has 1 aromatic rings. The molecule has 0 saturated carbocycles. The summed E-state index contributed by atoms with van der Waals surface area (Å²) in [5.41, 5.74) is 12.4. The molecule has 5 N–H and O–H groups in total. The molecule has 5 nitrogen and oxygen atoms in total. The molecule has 0 amide bonds. The van der Waals surface area contributed by atoms with Gasteiger partial charge in [0.25, 0.3) is 0 Å². The Balaban J connectivity index is 2.54. The molecule has 0 radical (unpaired) electrons. The van der Waals surface area contributed by atoms with E-state index in [0.29, 0.717) is 17.5 Å². The van der Waals surface area contributed by atoms with Crippen LogP contribution in [-0.4, -0.2) is 18.5 Å². The summed E-state index contributed by atoms with van der Waals surface area (Å²) in [5.74, 6) is 0.971. The topological polar surface area (TPSA) is 88.8 Å². The lowest BCUT2D eigenvalue weighted by Crippen LogP contribution is -2.26. The lowest BCUT2D eigenvalue weighted by atomic mass is 10.00. The van der Waals surface area contributed by atoms with Crippen LogP contribution in [0.15, 0.2) is 34.3 Å². The van der Waals surface area contributed by atoms with Crippen LogP contribution in [0, 0.1) is 5.92 Å². The van der Waals surface area contributed by atoms with Gasteiger partial charge in [0, 0.05) is 17.3 Å². The van der Waals surface area contributed by atoms with Crippen LogP contribution < -0.4 is 16.8 Å². The fourth-order valence-corrected chi connectivity index (χ4v) is 2.13. The lowest BCUT2D eigenvalue weighted by Gasteiger charge is -2.11. The number of anilines is 1. The molecule has 1 rings (SSSR count). The summed E-state index contributed by atoms with van der Waals surface area (Å²) >= 11 is 5.82. The number of guanidine groups is 2. The first-order chi connectivity index (χ1) is 10.5. The Bertz CT molecular complexity index is 496. The molecular weight excluding hydrogens is 298 g/mol. The SMILES string of the molecule is CCCC[C@H](CC)CN=C(N)N=C(N)Nc1ccc(Cl)cc1. The number of benzene rings is 1. The highest BCUT2D eigenvalue weighted by Crippen LogP contribution is 2.13. The molecule has 0 aliphatic heterocycles. The predicted molar refractivity (Wildman–Crippen MR) is 96.5 cm³/mol. The molecule has 122 valence electrons. The van der Waals surface area contributed by atoms with Crippen molar-refractivity contribution in [2.75, 3.05) is 11.9 Å². The van der Waals surface area contributed by atoms with Gasteiger partial charge in [-0.05, 0) is 36.6 Å². The number of aliphatic imine (C=N–C) groups is 2. The van der Waals surface area contributed by atoms with Crippen LogP contribution in [0.2, 0.25) is 5.02 Å². The largest absolute Gasteiger partial charge is 0.369 e. The molecule has 22 heavy (non-hydrogen) atoms. The van der Waals surface area contributed by atoms with Gasteiger partial charge in [-0.25, -0.2) is 0 Å². The van der Waals surface area contributed by atoms with Gasteiger partial charge < -0.3 is 16.8 Å². The molecule has 6 heteroatoms. The smallest absolute Gasteiger partial charge is 0.218 e. The van der Waals surface area contributed by atoms with E-state index in [9.17, 15) is 0 Å². The molecule has 0 unspecified atom stereocenters. The summed E-state index contributed by atoms with van der Waals surface area (Å²) < 4.78 is 0. The van der Waals surface area contributed by atoms with Gasteiger partial charge in [-0.1, -0.05) is 44.7 Å². The average Bonchev–Trinajstić information content (AvgIpc) is 2.49. The maximum absolute atomic E-state index is 5.82. The first-order valence-electron chi connectivity index (χ1n) is 7.71. The van der Waals surface area contributed by atoms with Crippen LogP contribution >= 0.6 is 11.6 Å². The fourth-order valence-electron chi connectivity index (χ4n) is 2.01. The Hall–Kier alpha value is -1.75. The van der Waals surface area contributed by atoms with Crippen LogP contribution in [0.4, 0.5) is 5.69 Å². The van der Waals surface area contributed by atoms with Crippen molar-refractivity contribution >= 4 is 29.2 Å². The van der Waals surface area contributed by atoms with Gasteiger partial charge in [-0.15, -0.1) is 0 Å². The third-order valence-corrected chi connectivity index (χ3v) is 3.66. The van der Waals surface area contributed by atoms with Crippen molar-refractivity contribution in [2.45, 2.75) is 39.5 Å². The summed E-state index contributed by atoms with van der Waals surface area (Å²) in [6, 6.07) is 7.17. The average molecular weight is 324 g/mol. The van der Waals surface area contributed by atoms with E-state index in [-0.39, 0.29) is 11.9 Å². The Labute approximate surface area is 137 Å². The van der Waals surface area contributed by atoms with Crippen LogP contribution in [0.1, 0.15) is 39.5 Å². The fraction of sp³-hybridized carbons (Fsp3) is 0.500. The van der Waals surface area contributed by atoms with E-state index in [2.05, 4.69) is 29.1 Å². The lowest BCUT2D eigenvalue weighted by molar-refractivity contribution is 0.462. The van der Waals surface area contributed by atoms with E-state index in [1.54, 1.807) is 12.1 Å². The molecule has 1 atom stereocenters. The third-order valence-electron chi connectivity index (χ3n) is 3.41. The Morgan fingerprint density at radius 3 is 2.50 bits per heavy atom. The van der Waals surface area contributed by atoms with Crippen LogP contribution in [0.3, 0.4) is 0 Å². The molecule has 0 bridgehead atoms. The van der Waals surface area contributed by atoms with Crippen molar-refractivity contribution in [3.05, 3.63) is 29.3 Å². The maximum Gasteiger partial charge on any atom is 0.218 e. The maximum atomic E-state index is 5.82. The Kier molecular flexibility index (Phi) is 8.36. The van der Waals surface area contributed by atoms with Crippen LogP contribution in [0.5, 0.6) is 0 Å². The third kappa shape index (κ3) is 7.31. The Morgan fingerprint density at radius 1 is 1.23 bits per heavy atom. The number of unbranched alkanes of at least 4 members (excludes halogenated alkanes) is 1. The first kappa shape index (κ1) is 18.3. The molecule has 0 aliphatic rings. The summed E-state index contributed by atoms with van der Waals surface area (Å²) in [7, 11) is 0. The van der Waals surface area contributed by atoms with Crippen LogP contribution in [-0.2, 0) is 0 Å². The van der Waals surface area contributed by atoms with Gasteiger partial charge in [-0.2, -0.15) is 4.99 Å². The highest BCUT2D eigenvalue weighted by atomic mass is 35.5. The van der Waals surface area contributed by atoms with E-state index >= 15 is 0 Å². The quantitative estimate of drug-likeness (QED) is 0.529. The minimum absolute atomic E-state index is 0.203. The van der Waals surface area contributed by atoms with Gasteiger partial charge in [-0.3, -0.25) is 4.99 Å². The number of halogens is 1. The predicted octanol–water partition coefficient (Wildman–Crippen LogP) is 3.60. The van der Waals surface area contributed by atoms with E-state index in [4.69, 9.17) is 23.1 Å². The van der Waals surface area contributed by atoms with E-state index in [1.807, 2.05) is 12.1 Å². The monoisotopic (exact) mass is 323 g/mol. The van der Waals surface area contributed by atoms with Gasteiger partial charge in [0.2, 0.25) is 11.9 Å². The van der Waals surface area contributed by atoms with E-state index in [1.165, 1.54) is 19.3 Å². The highest BCUT2D eigenvalue weighted by molar-refractivity contribution is 6.30. The van der Waals surface area contributed by atoms with Gasteiger partial charge in [0.05, 0.1) is 0 Å². The summed E-state index contributed by atoms with van der Waals surface area (Å²) in [6.45, 7) is 5.06. The van der Waals surface area contributed by atoms with Crippen molar-refractivity contribution < 1.29 is 0 Å². The summed E-state index contributed by atoms with van der Waals surface area (Å²) in [6.07, 6.45) is 4.69. The second-order valence-corrected chi connectivity index (χ2v) is 5.68. The van der Waals surface area contributed by atoms with Gasteiger partial charge in [0.1, 0.15) is 0 Å². The molecule has 1 aromatic carbocycles. The number of nitrogens with zero attached hydrogens (tertiary/aromatic N) is 2. The van der Waals surface area contributed by atoms with Crippen LogP contribution in [0.25, 0.3) is 0 Å². The van der Waals surface area contributed by atoms with E-state index < -0.39 is 0 Å². The molecule has 0 saturated heterocycles. The zero-order valence-electron chi connectivity index (χ0n) is 13.3. The van der Waals surface area contributed by atoms with E-state index in [0.717, 1.165) is 12.1 Å². The normalized spacial score (nSPS) is 14.0. The minimum atomic E-state index is 0.203. The zero-order chi connectivity index (χ0) is 16.4. The number of rotatable bonds is 7. The standard InChI is InChI=1S/C16H26ClN5/c1-3-5-6-12(4-2)11-20-15(18)22-16(19)21-14-9-7-13(17)8-10-14/h7-10,12H,3-6,11H2,1-2H3,(H5,18,19,20,21,22)/t12-/m0/s1. The molecule has 0 heterocycles. The molecule has 0 fully saturated rings. The summed E-state index contributed by atoms with van der Waals surface area (Å²) in [5, 5.41) is 3.61. The number of hydrogen-bond acceptors (Lipinski definition) is 1. The molecule has 0 aromatic heterocycles. The summed E-state index contributed by atoms with van der Waals surface area (Å²) in [4.78, 5) is 8.37. The molecular formula is C16H26ClN5. The van der Waals surface area contributed by atoms with Crippen molar-refractivity contribution in [3.8, 4) is 0 Å². The first-order valence-corrected chi connectivity index (χ1v) is 8.09. The Morgan fingerprint density at radius 2 is 1.91 bits per heavy atom. The molecule has 0 spiro atoms. The van der Waals surface area contributed by atoms with Gasteiger partial charge in [0.15, 0.2) is 0 Å². The van der Waals surface area contributed by atoms with Crippen molar-refractivity contribution in [1.29, 1.82) is 0 Å². The van der Waals surface area contributed by atoms with Crippen molar-refractivity contribution in [3.63, 3.8) is 0 Å². The second-order valence-electron chi connectivity index (χ2n) is 5.24. The molecule has 0 aliphatic carbocycles. The highest BCUT2D eigenvalue weighted by Gasteiger charge is 2.05. The zero-order valence-corrected chi connectivity index (χ0v) is 14.1. The van der Waals surface area contributed by atoms with Crippen molar-refractivity contribution in [2.24, 2.45) is 27.4 Å². The van der Waals surface area contributed by atoms with Gasteiger partial charge >= 0.3 is 0 Å². The minimum Gasteiger partial charge on any atom is -0.369 e. The number of nitrogens with two attached hydrogens (primary N) is 2. The van der Waals surface area contributed by atoms with Crippen molar-refractivity contribution in [1.82, 2.24) is 0 Å². The second kappa shape index (κ2) is 10.1. The number of nitrogens with one attached hydrogen (secondary N) is 1. The number of hydrogen-bond donors (Lipinski definition) is 3.